The van der Waals surface area contributed by atoms with Crippen molar-refractivity contribution in [3.05, 3.63) is 81.2 Å². The van der Waals surface area contributed by atoms with Crippen LogP contribution < -0.4 is 5.32 Å². The summed E-state index contributed by atoms with van der Waals surface area (Å²) in [5.41, 5.74) is 4.24. The molecule has 10 heteroatoms. The van der Waals surface area contributed by atoms with Crippen molar-refractivity contribution in [2.24, 2.45) is 0 Å². The van der Waals surface area contributed by atoms with Crippen molar-refractivity contribution in [3.8, 4) is 0 Å². The molecule has 0 radical (unpaired) electrons. The lowest BCUT2D eigenvalue weighted by Gasteiger charge is -2.28. The van der Waals surface area contributed by atoms with Gasteiger partial charge in [0.1, 0.15) is 5.00 Å². The molecule has 210 valence electrons. The molecule has 1 fully saturated rings. The number of hydrogen-bond donors (Lipinski definition) is 1. The quantitative estimate of drug-likeness (QED) is 0.486. The number of nitrogens with zero attached hydrogens (tertiary/aromatic N) is 3. The minimum absolute atomic E-state index is 0.00148. The van der Waals surface area contributed by atoms with Crippen LogP contribution in [0.4, 0.5) is 5.00 Å². The lowest BCUT2D eigenvalue weighted by molar-refractivity contribution is 0.0724. The van der Waals surface area contributed by atoms with Gasteiger partial charge in [-0.25, -0.2) is 8.42 Å². The van der Waals surface area contributed by atoms with Gasteiger partial charge in [0.2, 0.25) is 10.0 Å². The first-order chi connectivity index (χ1) is 19.3. The Bertz CT molecular complexity index is 1540. The van der Waals surface area contributed by atoms with Gasteiger partial charge in [0.05, 0.1) is 10.5 Å². The van der Waals surface area contributed by atoms with Crippen molar-refractivity contribution in [2.75, 3.05) is 38.5 Å². The van der Waals surface area contributed by atoms with E-state index in [0.29, 0.717) is 35.6 Å². The third-order valence-corrected chi connectivity index (χ3v) is 11.2. The Morgan fingerprint density at radius 3 is 2.33 bits per heavy atom. The largest absolute Gasteiger partial charge is 0.339 e. The molecule has 2 amide bonds. The van der Waals surface area contributed by atoms with Crippen molar-refractivity contribution in [1.82, 2.24) is 14.1 Å². The molecule has 0 saturated carbocycles. The number of hydrogen-bond acceptors (Lipinski definition) is 6. The number of piperidine rings is 1. The average molecular weight is 579 g/mol. The number of benzene rings is 2. The zero-order valence-corrected chi connectivity index (χ0v) is 24.3. The highest BCUT2D eigenvalue weighted by Gasteiger charge is 2.32. The van der Waals surface area contributed by atoms with Crippen LogP contribution in [-0.2, 0) is 36.0 Å². The van der Waals surface area contributed by atoms with E-state index >= 15 is 0 Å². The maximum atomic E-state index is 13.6. The SMILES string of the molecule is CN1CCc2c(sc(NC(=O)c3ccc(S(=O)(=O)N4CCc5ccccc5C4)cc3)c2C(=O)N2CCCCC2)C1. The number of rotatable bonds is 5. The first-order valence-electron chi connectivity index (χ1n) is 13.9. The van der Waals surface area contributed by atoms with Gasteiger partial charge in [-0.05, 0) is 80.1 Å². The summed E-state index contributed by atoms with van der Waals surface area (Å²) in [6.07, 6.45) is 4.59. The zero-order valence-electron chi connectivity index (χ0n) is 22.7. The van der Waals surface area contributed by atoms with Crippen molar-refractivity contribution in [2.45, 2.75) is 50.1 Å². The molecule has 40 heavy (non-hydrogen) atoms. The second-order valence-electron chi connectivity index (χ2n) is 10.9. The van der Waals surface area contributed by atoms with Gasteiger partial charge in [-0.15, -0.1) is 11.3 Å². The standard InChI is InChI=1S/C30H34N4O4S2/c1-32-17-14-25-26(20-32)39-29(27(25)30(36)33-15-5-2-6-16-33)31-28(35)22-9-11-24(12-10-22)40(37,38)34-18-13-21-7-3-4-8-23(21)19-34/h3-4,7-12H,2,5-6,13-20H2,1H3,(H,31,35). The van der Waals surface area contributed by atoms with Crippen molar-refractivity contribution in [1.29, 1.82) is 0 Å². The zero-order chi connectivity index (χ0) is 27.9. The van der Waals surface area contributed by atoms with Gasteiger partial charge in [0.25, 0.3) is 11.8 Å². The normalized spacial score (nSPS) is 18.2. The van der Waals surface area contributed by atoms with Gasteiger partial charge in [-0.2, -0.15) is 4.31 Å². The number of likely N-dealkylation sites (tertiary alicyclic amines) is 1. The van der Waals surface area contributed by atoms with Crippen LogP contribution in [0.2, 0.25) is 0 Å². The lowest BCUT2D eigenvalue weighted by Crippen LogP contribution is -2.37. The van der Waals surface area contributed by atoms with E-state index in [1.807, 2.05) is 29.2 Å². The molecule has 3 aromatic rings. The van der Waals surface area contributed by atoms with Crippen LogP contribution in [0.5, 0.6) is 0 Å². The predicted molar refractivity (Wildman–Crippen MR) is 156 cm³/mol. The van der Waals surface area contributed by atoms with E-state index in [4.69, 9.17) is 0 Å². The van der Waals surface area contributed by atoms with Crippen LogP contribution in [0, 0.1) is 0 Å². The van der Waals surface area contributed by atoms with Crippen molar-refractivity contribution in [3.63, 3.8) is 0 Å². The number of fused-ring (bicyclic) bond motifs is 2. The Kier molecular flexibility index (Phi) is 7.52. The molecule has 6 rings (SSSR count). The molecule has 0 aliphatic carbocycles. The Labute approximate surface area is 239 Å². The third-order valence-electron chi connectivity index (χ3n) is 8.18. The summed E-state index contributed by atoms with van der Waals surface area (Å²) in [6, 6.07) is 14.0. The number of nitrogens with one attached hydrogen (secondary N) is 1. The average Bonchev–Trinajstić information content (AvgIpc) is 3.33. The molecule has 0 bridgehead atoms. The van der Waals surface area contributed by atoms with E-state index < -0.39 is 10.0 Å². The fraction of sp³-hybridized carbons (Fsp3) is 0.400. The van der Waals surface area contributed by atoms with E-state index in [1.165, 1.54) is 33.3 Å². The van der Waals surface area contributed by atoms with Gasteiger partial charge >= 0.3 is 0 Å². The summed E-state index contributed by atoms with van der Waals surface area (Å²) in [5, 5.41) is 3.59. The van der Waals surface area contributed by atoms with E-state index in [9.17, 15) is 18.0 Å². The summed E-state index contributed by atoms with van der Waals surface area (Å²) < 4.78 is 28.2. The summed E-state index contributed by atoms with van der Waals surface area (Å²) in [6.45, 7) is 3.88. The number of thiophene rings is 1. The van der Waals surface area contributed by atoms with Crippen molar-refractivity contribution < 1.29 is 18.0 Å². The van der Waals surface area contributed by atoms with Gasteiger partial charge in [-0.1, -0.05) is 24.3 Å². The monoisotopic (exact) mass is 578 g/mol. The number of amides is 2. The molecule has 0 spiro atoms. The summed E-state index contributed by atoms with van der Waals surface area (Å²) >= 11 is 1.48. The van der Waals surface area contributed by atoms with Gasteiger partial charge < -0.3 is 15.1 Å². The topological polar surface area (TPSA) is 90.0 Å². The van der Waals surface area contributed by atoms with E-state index in [1.54, 1.807) is 12.1 Å². The molecule has 3 aliphatic rings. The minimum atomic E-state index is -3.70. The molecule has 3 aliphatic heterocycles. The first-order valence-corrected chi connectivity index (χ1v) is 16.2. The predicted octanol–water partition coefficient (Wildman–Crippen LogP) is 4.36. The van der Waals surface area contributed by atoms with E-state index in [-0.39, 0.29) is 16.7 Å². The van der Waals surface area contributed by atoms with Crippen LogP contribution in [-0.4, -0.2) is 67.6 Å². The molecule has 0 unspecified atom stereocenters. The first kappa shape index (κ1) is 27.1. The maximum Gasteiger partial charge on any atom is 0.257 e. The highest BCUT2D eigenvalue weighted by atomic mass is 32.2. The lowest BCUT2D eigenvalue weighted by atomic mass is 10.0. The second-order valence-corrected chi connectivity index (χ2v) is 13.9. The molecule has 1 aromatic heterocycles. The van der Waals surface area contributed by atoms with Gasteiger partial charge in [-0.3, -0.25) is 9.59 Å². The molecule has 4 heterocycles. The summed E-state index contributed by atoms with van der Waals surface area (Å²) in [5.74, 6) is -0.350. The molecule has 2 aromatic carbocycles. The van der Waals surface area contributed by atoms with Crippen molar-refractivity contribution >= 4 is 38.2 Å². The summed E-state index contributed by atoms with van der Waals surface area (Å²) in [4.78, 5) is 32.4. The number of carbonyl (C=O) groups excluding carboxylic acids is 2. The smallest absolute Gasteiger partial charge is 0.257 e. The second kappa shape index (κ2) is 11.1. The number of anilines is 1. The minimum Gasteiger partial charge on any atom is -0.339 e. The Hall–Kier alpha value is -3.05. The molecular weight excluding hydrogens is 544 g/mol. The third kappa shape index (κ3) is 5.21. The van der Waals surface area contributed by atoms with Crippen LogP contribution in [0.25, 0.3) is 0 Å². The summed E-state index contributed by atoms with van der Waals surface area (Å²) in [7, 11) is -1.63. The highest BCUT2D eigenvalue weighted by molar-refractivity contribution is 7.89. The van der Waals surface area contributed by atoms with E-state index in [2.05, 4.69) is 17.3 Å². The number of likely N-dealkylation sites (N-methyl/N-ethyl adjacent to an activating group) is 1. The number of carbonyl (C=O) groups is 2. The van der Waals surface area contributed by atoms with Crippen LogP contribution >= 0.6 is 11.3 Å². The van der Waals surface area contributed by atoms with E-state index in [0.717, 1.165) is 67.9 Å². The fourth-order valence-electron chi connectivity index (χ4n) is 5.88. The fourth-order valence-corrected chi connectivity index (χ4v) is 8.61. The molecule has 1 saturated heterocycles. The molecule has 1 N–H and O–H groups in total. The molecular formula is C30H34N4O4S2. The Morgan fingerprint density at radius 2 is 1.57 bits per heavy atom. The van der Waals surface area contributed by atoms with Crippen LogP contribution in [0.3, 0.4) is 0 Å². The highest BCUT2D eigenvalue weighted by Crippen LogP contribution is 2.38. The molecule has 8 nitrogen and oxygen atoms in total. The Morgan fingerprint density at radius 1 is 0.850 bits per heavy atom. The Balaban J connectivity index is 1.22. The maximum absolute atomic E-state index is 13.6. The van der Waals surface area contributed by atoms with Gasteiger partial charge in [0, 0.05) is 49.7 Å². The van der Waals surface area contributed by atoms with Crippen LogP contribution in [0.1, 0.15) is 61.5 Å². The van der Waals surface area contributed by atoms with Crippen LogP contribution in [0.15, 0.2) is 53.4 Å². The van der Waals surface area contributed by atoms with Gasteiger partial charge in [0.15, 0.2) is 0 Å². The molecule has 0 atom stereocenters. The number of sulfonamides is 1.